The number of rotatable bonds is 7. The summed E-state index contributed by atoms with van der Waals surface area (Å²) in [5.41, 5.74) is 4.22. The van der Waals surface area contributed by atoms with Crippen LogP contribution in [0.2, 0.25) is 0 Å². The predicted molar refractivity (Wildman–Crippen MR) is 143 cm³/mol. The van der Waals surface area contributed by atoms with Gasteiger partial charge in [-0.05, 0) is 56.6 Å². The SMILES string of the molecule is Cc1ncc(C(=O)NCCN2CCC3(CC2)COC3)cc1NC(=O)c1nnc2cc(-c3cnn(C)c3)ccn12. The predicted octanol–water partition coefficient (Wildman–Crippen LogP) is 1.93. The summed E-state index contributed by atoms with van der Waals surface area (Å²) in [6.07, 6.45) is 9.25. The molecule has 0 atom stereocenters. The Balaban J connectivity index is 1.08. The summed E-state index contributed by atoms with van der Waals surface area (Å²) in [4.78, 5) is 32.6. The number of aromatic nitrogens is 6. The first-order valence-electron chi connectivity index (χ1n) is 13.1. The Labute approximate surface area is 225 Å². The van der Waals surface area contributed by atoms with E-state index in [0.717, 1.165) is 56.8 Å². The maximum absolute atomic E-state index is 13.1. The average molecular weight is 530 g/mol. The number of hydrogen-bond donors (Lipinski definition) is 2. The van der Waals surface area contributed by atoms with Gasteiger partial charge in [-0.25, -0.2) is 0 Å². The molecule has 2 saturated heterocycles. The van der Waals surface area contributed by atoms with Crippen LogP contribution in [0, 0.1) is 12.3 Å². The molecule has 2 aliphatic rings. The first-order chi connectivity index (χ1) is 18.9. The lowest BCUT2D eigenvalue weighted by Crippen LogP contribution is -2.51. The lowest BCUT2D eigenvalue weighted by molar-refractivity contribution is -0.139. The summed E-state index contributed by atoms with van der Waals surface area (Å²) in [5.74, 6) is -0.540. The van der Waals surface area contributed by atoms with Crippen molar-refractivity contribution < 1.29 is 14.3 Å². The first kappa shape index (κ1) is 25.1. The van der Waals surface area contributed by atoms with E-state index in [2.05, 4.69) is 35.8 Å². The van der Waals surface area contributed by atoms with E-state index in [-0.39, 0.29) is 11.7 Å². The smallest absolute Gasteiger partial charge is 0.294 e. The monoisotopic (exact) mass is 529 g/mol. The van der Waals surface area contributed by atoms with Crippen molar-refractivity contribution in [2.24, 2.45) is 12.5 Å². The third-order valence-electron chi connectivity index (χ3n) is 7.70. The van der Waals surface area contributed by atoms with Crippen LogP contribution >= 0.6 is 0 Å². The van der Waals surface area contributed by atoms with Crippen LogP contribution < -0.4 is 10.6 Å². The fourth-order valence-corrected chi connectivity index (χ4v) is 5.12. The molecule has 0 aromatic carbocycles. The molecular weight excluding hydrogens is 498 g/mol. The second-order valence-corrected chi connectivity index (χ2v) is 10.5. The van der Waals surface area contributed by atoms with Gasteiger partial charge in [0.15, 0.2) is 5.65 Å². The van der Waals surface area contributed by atoms with Crippen LogP contribution in [0.3, 0.4) is 0 Å². The van der Waals surface area contributed by atoms with Gasteiger partial charge in [0.25, 0.3) is 11.8 Å². The molecule has 2 N–H and O–H groups in total. The fourth-order valence-electron chi connectivity index (χ4n) is 5.12. The highest BCUT2D eigenvalue weighted by atomic mass is 16.5. The van der Waals surface area contributed by atoms with E-state index >= 15 is 0 Å². The molecule has 4 aromatic heterocycles. The molecular formula is C27H31N9O3. The number of hydrogen-bond acceptors (Lipinski definition) is 8. The van der Waals surface area contributed by atoms with Crippen molar-refractivity contribution in [3.8, 4) is 11.1 Å². The number of carbonyl (C=O) groups excluding carboxylic acids is 2. The number of carbonyl (C=O) groups is 2. The van der Waals surface area contributed by atoms with E-state index in [1.807, 2.05) is 25.4 Å². The van der Waals surface area contributed by atoms with Gasteiger partial charge >= 0.3 is 0 Å². The zero-order valence-electron chi connectivity index (χ0n) is 22.1. The van der Waals surface area contributed by atoms with Crippen molar-refractivity contribution >= 4 is 23.1 Å². The Hall–Kier alpha value is -4.16. The topological polar surface area (TPSA) is 132 Å². The largest absolute Gasteiger partial charge is 0.380 e. The molecule has 2 fully saturated rings. The number of nitrogens with zero attached hydrogens (tertiary/aromatic N) is 7. The molecule has 0 saturated carbocycles. The molecule has 39 heavy (non-hydrogen) atoms. The van der Waals surface area contributed by atoms with Crippen LogP contribution in [0.5, 0.6) is 0 Å². The van der Waals surface area contributed by atoms with Crippen LogP contribution in [-0.2, 0) is 11.8 Å². The summed E-state index contributed by atoms with van der Waals surface area (Å²) in [6, 6.07) is 5.37. The summed E-state index contributed by atoms with van der Waals surface area (Å²) in [7, 11) is 1.85. The lowest BCUT2D eigenvalue weighted by atomic mass is 9.77. The summed E-state index contributed by atoms with van der Waals surface area (Å²) >= 11 is 0. The molecule has 2 aliphatic heterocycles. The zero-order valence-corrected chi connectivity index (χ0v) is 22.1. The van der Waals surface area contributed by atoms with Crippen LogP contribution in [-0.4, -0.2) is 85.5 Å². The number of pyridine rings is 2. The van der Waals surface area contributed by atoms with Crippen LogP contribution in [0.15, 0.2) is 43.0 Å². The third kappa shape index (κ3) is 5.12. The molecule has 202 valence electrons. The Morgan fingerprint density at radius 2 is 1.90 bits per heavy atom. The second kappa shape index (κ2) is 10.2. The number of piperidine rings is 1. The van der Waals surface area contributed by atoms with E-state index in [9.17, 15) is 9.59 Å². The molecule has 0 aliphatic carbocycles. The molecule has 2 amide bonds. The van der Waals surface area contributed by atoms with Gasteiger partial charge in [-0.2, -0.15) is 5.10 Å². The maximum Gasteiger partial charge on any atom is 0.294 e. The summed E-state index contributed by atoms with van der Waals surface area (Å²) in [6.45, 7) is 6.95. The summed E-state index contributed by atoms with van der Waals surface area (Å²) < 4.78 is 8.74. The maximum atomic E-state index is 13.1. The number of ether oxygens (including phenoxy) is 1. The third-order valence-corrected chi connectivity index (χ3v) is 7.70. The van der Waals surface area contributed by atoms with E-state index in [1.54, 1.807) is 34.5 Å². The number of likely N-dealkylation sites (tertiary alicyclic amines) is 1. The highest BCUT2D eigenvalue weighted by Gasteiger charge is 2.40. The second-order valence-electron chi connectivity index (χ2n) is 10.5. The molecule has 12 nitrogen and oxygen atoms in total. The fraction of sp³-hybridized carbons (Fsp3) is 0.407. The molecule has 6 rings (SSSR count). The van der Waals surface area contributed by atoms with Crippen LogP contribution in [0.25, 0.3) is 16.8 Å². The zero-order chi connectivity index (χ0) is 27.0. The number of amides is 2. The minimum Gasteiger partial charge on any atom is -0.380 e. The Bertz CT molecular complexity index is 1530. The Morgan fingerprint density at radius 1 is 1.08 bits per heavy atom. The van der Waals surface area contributed by atoms with E-state index in [1.165, 1.54) is 6.20 Å². The van der Waals surface area contributed by atoms with E-state index in [0.29, 0.717) is 34.6 Å². The van der Waals surface area contributed by atoms with E-state index < -0.39 is 5.91 Å². The molecule has 0 radical (unpaired) electrons. The minimum atomic E-state index is -0.446. The number of anilines is 1. The van der Waals surface area contributed by atoms with Gasteiger partial charge in [0, 0.05) is 49.7 Å². The first-order valence-corrected chi connectivity index (χ1v) is 13.1. The minimum absolute atomic E-state index is 0.133. The lowest BCUT2D eigenvalue weighted by Gasteiger charge is -2.47. The standard InChI is InChI=1S/C27H31N9O3/c1-18-22(11-20(13-29-18)25(37)28-6-10-35-8-4-27(5-9-35)16-39-17-27)31-26(38)24-33-32-23-12-19(3-7-36(23)24)21-14-30-34(2)15-21/h3,7,11-15H,4-6,8-10,16-17H2,1-2H3,(H,28,37)(H,31,38). The van der Waals surface area contributed by atoms with Crippen molar-refractivity contribution in [2.45, 2.75) is 19.8 Å². The van der Waals surface area contributed by atoms with Gasteiger partial charge in [0.2, 0.25) is 5.82 Å². The van der Waals surface area contributed by atoms with E-state index in [4.69, 9.17) is 4.74 Å². The van der Waals surface area contributed by atoms with Gasteiger partial charge in [-0.15, -0.1) is 10.2 Å². The van der Waals surface area contributed by atoms with Crippen molar-refractivity contribution in [1.29, 1.82) is 0 Å². The van der Waals surface area contributed by atoms with Crippen LogP contribution in [0.4, 0.5) is 5.69 Å². The van der Waals surface area contributed by atoms with Gasteiger partial charge in [-0.3, -0.25) is 23.7 Å². The highest BCUT2D eigenvalue weighted by molar-refractivity contribution is 6.03. The molecule has 0 unspecified atom stereocenters. The summed E-state index contributed by atoms with van der Waals surface area (Å²) in [5, 5.41) is 18.3. The normalized spacial score (nSPS) is 16.8. The molecule has 12 heteroatoms. The number of fused-ring (bicyclic) bond motifs is 1. The van der Waals surface area contributed by atoms with Crippen molar-refractivity contribution in [2.75, 3.05) is 44.7 Å². The molecule has 0 bridgehead atoms. The van der Waals surface area contributed by atoms with Gasteiger partial charge in [0.05, 0.1) is 36.4 Å². The van der Waals surface area contributed by atoms with Crippen molar-refractivity contribution in [3.63, 3.8) is 0 Å². The molecule has 1 spiro atoms. The molecule has 6 heterocycles. The highest BCUT2D eigenvalue weighted by Crippen LogP contribution is 2.38. The van der Waals surface area contributed by atoms with Crippen molar-refractivity contribution in [1.82, 2.24) is 39.6 Å². The Kier molecular flexibility index (Phi) is 6.57. The van der Waals surface area contributed by atoms with Crippen LogP contribution in [0.1, 0.15) is 39.5 Å². The van der Waals surface area contributed by atoms with Crippen molar-refractivity contribution in [3.05, 3.63) is 60.1 Å². The average Bonchev–Trinajstić information content (AvgIpc) is 3.55. The quantitative estimate of drug-likeness (QED) is 0.371. The van der Waals surface area contributed by atoms with Gasteiger partial charge in [0.1, 0.15) is 0 Å². The van der Waals surface area contributed by atoms with Gasteiger partial charge < -0.3 is 20.3 Å². The number of aryl methyl sites for hydroxylation is 2. The number of nitrogens with one attached hydrogen (secondary N) is 2. The molecule has 4 aromatic rings. The van der Waals surface area contributed by atoms with Gasteiger partial charge in [-0.1, -0.05) is 0 Å². The Morgan fingerprint density at radius 3 is 2.62 bits per heavy atom.